The van der Waals surface area contributed by atoms with Gasteiger partial charge in [0.1, 0.15) is 17.3 Å². The van der Waals surface area contributed by atoms with E-state index in [1.54, 1.807) is 7.11 Å². The van der Waals surface area contributed by atoms with E-state index in [9.17, 15) is 9.59 Å². The lowest BCUT2D eigenvalue weighted by Gasteiger charge is -2.34. The van der Waals surface area contributed by atoms with Crippen LogP contribution in [-0.2, 0) is 22.7 Å². The molecular formula is C22H26N4O4. The van der Waals surface area contributed by atoms with Crippen molar-refractivity contribution in [3.8, 4) is 5.75 Å². The van der Waals surface area contributed by atoms with E-state index < -0.39 is 6.04 Å². The van der Waals surface area contributed by atoms with Crippen LogP contribution in [0.4, 0.5) is 0 Å². The molecule has 1 aliphatic heterocycles. The average molecular weight is 410 g/mol. The van der Waals surface area contributed by atoms with Crippen LogP contribution < -0.4 is 15.4 Å². The molecule has 2 aromatic heterocycles. The van der Waals surface area contributed by atoms with Crippen LogP contribution in [0.25, 0.3) is 10.9 Å². The molecule has 0 spiro atoms. The van der Waals surface area contributed by atoms with Crippen molar-refractivity contribution in [1.82, 2.24) is 20.5 Å². The molecule has 2 amide bonds. The van der Waals surface area contributed by atoms with Crippen molar-refractivity contribution >= 4 is 22.7 Å². The summed E-state index contributed by atoms with van der Waals surface area (Å²) in [5.41, 5.74) is 1.87. The largest absolute Gasteiger partial charge is 0.497 e. The zero-order valence-electron chi connectivity index (χ0n) is 17.2. The Labute approximate surface area is 174 Å². The minimum absolute atomic E-state index is 0.0968. The van der Waals surface area contributed by atoms with Gasteiger partial charge in [-0.1, -0.05) is 0 Å². The molecule has 0 bridgehead atoms. The lowest BCUT2D eigenvalue weighted by atomic mass is 10.1. The Morgan fingerprint density at radius 1 is 1.30 bits per heavy atom. The topological polar surface area (TPSA) is 99.6 Å². The van der Waals surface area contributed by atoms with Crippen molar-refractivity contribution in [1.29, 1.82) is 0 Å². The van der Waals surface area contributed by atoms with Crippen LogP contribution in [0.1, 0.15) is 23.6 Å². The first-order chi connectivity index (χ1) is 14.5. The highest BCUT2D eigenvalue weighted by atomic mass is 16.5. The molecule has 4 rings (SSSR count). The summed E-state index contributed by atoms with van der Waals surface area (Å²) in [6.45, 7) is 3.99. The van der Waals surface area contributed by atoms with Gasteiger partial charge in [0.05, 0.1) is 32.7 Å². The third-order valence-electron chi connectivity index (χ3n) is 5.34. The second-order valence-corrected chi connectivity index (χ2v) is 7.52. The molecule has 1 saturated heterocycles. The van der Waals surface area contributed by atoms with Crippen LogP contribution in [0.5, 0.6) is 5.75 Å². The smallest absolute Gasteiger partial charge is 0.237 e. The molecule has 3 heterocycles. The quantitative estimate of drug-likeness (QED) is 0.554. The second-order valence-electron chi connectivity index (χ2n) is 7.52. The molecule has 3 N–H and O–H groups in total. The van der Waals surface area contributed by atoms with E-state index in [0.717, 1.165) is 33.9 Å². The van der Waals surface area contributed by atoms with E-state index in [2.05, 4.69) is 15.6 Å². The predicted octanol–water partition coefficient (Wildman–Crippen LogP) is 2.08. The zero-order chi connectivity index (χ0) is 21.1. The summed E-state index contributed by atoms with van der Waals surface area (Å²) in [5.74, 6) is 2.11. The zero-order valence-corrected chi connectivity index (χ0v) is 17.2. The summed E-state index contributed by atoms with van der Waals surface area (Å²) in [6.07, 6.45) is 0.0968. The Balaban J connectivity index is 1.37. The standard InChI is InChI=1S/C22H26N4O4/c1-14-3-4-18(30-14)13-26-8-7-23-22(28)20(26)11-21(27)24-12-16-9-15-10-17(29-2)5-6-19(15)25-16/h3-6,9-10,20,25H,7-8,11-13H2,1-2H3,(H,23,28)(H,24,27). The third kappa shape index (κ3) is 4.49. The maximum absolute atomic E-state index is 12.6. The molecule has 0 radical (unpaired) electrons. The average Bonchev–Trinajstić information content (AvgIpc) is 3.33. The predicted molar refractivity (Wildman–Crippen MR) is 112 cm³/mol. The summed E-state index contributed by atoms with van der Waals surface area (Å²) in [7, 11) is 1.63. The lowest BCUT2D eigenvalue weighted by molar-refractivity contribution is -0.134. The molecule has 3 aromatic rings. The van der Waals surface area contributed by atoms with Gasteiger partial charge in [-0.3, -0.25) is 14.5 Å². The highest BCUT2D eigenvalue weighted by Gasteiger charge is 2.32. The van der Waals surface area contributed by atoms with Crippen LogP contribution in [0.3, 0.4) is 0 Å². The van der Waals surface area contributed by atoms with Gasteiger partial charge in [-0.15, -0.1) is 0 Å². The minimum Gasteiger partial charge on any atom is -0.497 e. The van der Waals surface area contributed by atoms with Crippen molar-refractivity contribution < 1.29 is 18.7 Å². The number of rotatable bonds is 7. The van der Waals surface area contributed by atoms with Crippen molar-refractivity contribution in [2.45, 2.75) is 32.5 Å². The fourth-order valence-corrected chi connectivity index (χ4v) is 3.78. The number of aryl methyl sites for hydroxylation is 1. The van der Waals surface area contributed by atoms with E-state index in [-0.39, 0.29) is 18.2 Å². The Kier molecular flexibility index (Phi) is 5.76. The molecule has 158 valence electrons. The van der Waals surface area contributed by atoms with Crippen molar-refractivity contribution in [3.63, 3.8) is 0 Å². The van der Waals surface area contributed by atoms with Crippen LogP contribution in [-0.4, -0.2) is 47.9 Å². The minimum atomic E-state index is -0.517. The Morgan fingerprint density at radius 3 is 2.93 bits per heavy atom. The molecular weight excluding hydrogens is 384 g/mol. The number of carbonyl (C=O) groups is 2. The first-order valence-corrected chi connectivity index (χ1v) is 10.0. The molecule has 1 atom stereocenters. The number of amides is 2. The molecule has 1 aliphatic rings. The molecule has 0 aliphatic carbocycles. The number of aromatic nitrogens is 1. The number of furan rings is 1. The summed E-state index contributed by atoms with van der Waals surface area (Å²) in [5, 5.41) is 6.78. The SMILES string of the molecule is COc1ccc2[nH]c(CNC(=O)CC3C(=O)NCCN3Cc3ccc(C)o3)cc2c1. The van der Waals surface area contributed by atoms with Gasteiger partial charge >= 0.3 is 0 Å². The van der Waals surface area contributed by atoms with Crippen LogP contribution in [0.15, 0.2) is 40.8 Å². The second kappa shape index (κ2) is 8.62. The number of methoxy groups -OCH3 is 1. The number of hydrogen-bond donors (Lipinski definition) is 3. The molecule has 1 aromatic carbocycles. The third-order valence-corrected chi connectivity index (χ3v) is 5.34. The molecule has 1 unspecified atom stereocenters. The van der Waals surface area contributed by atoms with Gasteiger partial charge in [-0.2, -0.15) is 0 Å². The molecule has 8 heteroatoms. The van der Waals surface area contributed by atoms with Gasteiger partial charge in [0.2, 0.25) is 11.8 Å². The van der Waals surface area contributed by atoms with Crippen LogP contribution >= 0.6 is 0 Å². The Morgan fingerprint density at radius 2 is 2.17 bits per heavy atom. The number of nitrogens with zero attached hydrogens (tertiary/aromatic N) is 1. The van der Waals surface area contributed by atoms with Gasteiger partial charge in [-0.25, -0.2) is 0 Å². The van der Waals surface area contributed by atoms with Crippen molar-refractivity contribution in [2.24, 2.45) is 0 Å². The first kappa shape index (κ1) is 20.0. The maximum Gasteiger partial charge on any atom is 0.237 e. The molecule has 8 nitrogen and oxygen atoms in total. The van der Waals surface area contributed by atoms with E-state index in [0.29, 0.717) is 26.2 Å². The number of nitrogens with one attached hydrogen (secondary N) is 3. The highest BCUT2D eigenvalue weighted by Crippen LogP contribution is 2.21. The number of piperazine rings is 1. The molecule has 30 heavy (non-hydrogen) atoms. The summed E-state index contributed by atoms with van der Waals surface area (Å²) >= 11 is 0. The maximum atomic E-state index is 12.6. The Hall–Kier alpha value is -3.26. The number of ether oxygens (including phenoxy) is 1. The monoisotopic (exact) mass is 410 g/mol. The summed E-state index contributed by atoms with van der Waals surface area (Å²) in [6, 6.07) is 11.0. The molecule has 0 saturated carbocycles. The van der Waals surface area contributed by atoms with Gasteiger partial charge < -0.3 is 24.8 Å². The number of carbonyl (C=O) groups excluding carboxylic acids is 2. The van der Waals surface area contributed by atoms with Crippen molar-refractivity contribution in [2.75, 3.05) is 20.2 Å². The number of aromatic amines is 1. The number of benzene rings is 1. The number of hydrogen-bond acceptors (Lipinski definition) is 5. The summed E-state index contributed by atoms with van der Waals surface area (Å²) < 4.78 is 10.9. The number of H-pyrrole nitrogens is 1. The van der Waals surface area contributed by atoms with E-state index in [1.807, 2.05) is 48.2 Å². The highest BCUT2D eigenvalue weighted by molar-refractivity contribution is 5.89. The van der Waals surface area contributed by atoms with Crippen LogP contribution in [0, 0.1) is 6.92 Å². The Bertz CT molecular complexity index is 1050. The lowest BCUT2D eigenvalue weighted by Crippen LogP contribution is -2.56. The molecule has 1 fully saturated rings. The van der Waals surface area contributed by atoms with E-state index >= 15 is 0 Å². The van der Waals surface area contributed by atoms with Crippen LogP contribution in [0.2, 0.25) is 0 Å². The van der Waals surface area contributed by atoms with Gasteiger partial charge in [0.15, 0.2) is 0 Å². The normalized spacial score (nSPS) is 17.1. The van der Waals surface area contributed by atoms with Gasteiger partial charge in [0, 0.05) is 29.7 Å². The first-order valence-electron chi connectivity index (χ1n) is 10.0. The van der Waals surface area contributed by atoms with E-state index in [1.165, 1.54) is 0 Å². The summed E-state index contributed by atoms with van der Waals surface area (Å²) in [4.78, 5) is 30.3. The van der Waals surface area contributed by atoms with Gasteiger partial charge in [0.25, 0.3) is 0 Å². The fraction of sp³-hybridized carbons (Fsp3) is 0.364. The number of fused-ring (bicyclic) bond motifs is 1. The van der Waals surface area contributed by atoms with E-state index in [4.69, 9.17) is 9.15 Å². The fourth-order valence-electron chi connectivity index (χ4n) is 3.78. The van der Waals surface area contributed by atoms with Crippen molar-refractivity contribution in [3.05, 3.63) is 53.6 Å². The van der Waals surface area contributed by atoms with Gasteiger partial charge in [-0.05, 0) is 43.3 Å².